The van der Waals surface area contributed by atoms with Crippen LogP contribution in [0, 0.1) is 0 Å². The van der Waals surface area contributed by atoms with Crippen molar-refractivity contribution in [2.45, 2.75) is 52.4 Å². The summed E-state index contributed by atoms with van der Waals surface area (Å²) in [5.74, 6) is 0. The molecule has 3 aliphatic rings. The van der Waals surface area contributed by atoms with Crippen molar-refractivity contribution in [2.24, 2.45) is 4.99 Å². The van der Waals surface area contributed by atoms with E-state index in [1.165, 1.54) is 33.4 Å². The minimum atomic E-state index is -0.0122. The summed E-state index contributed by atoms with van der Waals surface area (Å²) < 4.78 is 0. The van der Waals surface area contributed by atoms with Crippen molar-refractivity contribution in [1.82, 2.24) is 10.3 Å². The van der Waals surface area contributed by atoms with Gasteiger partial charge in [0, 0.05) is 33.2 Å². The van der Waals surface area contributed by atoms with Crippen LogP contribution in [0.5, 0.6) is 0 Å². The number of pyridine rings is 1. The Balaban J connectivity index is 1.67. The second kappa shape index (κ2) is 8.13. The molecule has 7 rings (SSSR count). The largest absolute Gasteiger partial charge is 0.353 e. The summed E-state index contributed by atoms with van der Waals surface area (Å²) in [6, 6.07) is 24.4. The molecule has 39 heavy (non-hydrogen) atoms. The zero-order valence-corrected chi connectivity index (χ0v) is 23.5. The van der Waals surface area contributed by atoms with Crippen LogP contribution in [-0.4, -0.2) is 4.98 Å². The Kier molecular flexibility index (Phi) is 4.97. The maximum Gasteiger partial charge on any atom is 0.0871 e. The van der Waals surface area contributed by atoms with Gasteiger partial charge in [0.2, 0.25) is 0 Å². The average molecular weight is 508 g/mol. The lowest BCUT2D eigenvalue weighted by molar-refractivity contribution is 0.589. The Morgan fingerprint density at radius 1 is 0.667 bits per heavy atom. The maximum atomic E-state index is 5.41. The Labute approximate surface area is 230 Å². The van der Waals surface area contributed by atoms with E-state index in [0.717, 1.165) is 44.6 Å². The molecule has 0 saturated heterocycles. The Morgan fingerprint density at radius 3 is 2.13 bits per heavy atom. The van der Waals surface area contributed by atoms with Gasteiger partial charge >= 0.3 is 0 Å². The number of fused-ring (bicyclic) bond motifs is 10. The van der Waals surface area contributed by atoms with E-state index in [4.69, 9.17) is 9.98 Å². The lowest BCUT2D eigenvalue weighted by Gasteiger charge is -2.23. The van der Waals surface area contributed by atoms with E-state index < -0.39 is 0 Å². The highest BCUT2D eigenvalue weighted by Crippen LogP contribution is 2.45. The Hall–Kier alpha value is -4.24. The zero-order chi connectivity index (χ0) is 27.1. The van der Waals surface area contributed by atoms with Gasteiger partial charge in [0.25, 0.3) is 0 Å². The minimum absolute atomic E-state index is 0.00444. The smallest absolute Gasteiger partial charge is 0.0871 e. The number of hydrogen-bond acceptors (Lipinski definition) is 3. The average Bonchev–Trinajstić information content (AvgIpc) is 3.30. The molecule has 0 saturated carbocycles. The van der Waals surface area contributed by atoms with E-state index >= 15 is 0 Å². The highest BCUT2D eigenvalue weighted by atomic mass is 14.9. The van der Waals surface area contributed by atoms with Crippen LogP contribution in [0.1, 0.15) is 58.4 Å². The summed E-state index contributed by atoms with van der Waals surface area (Å²) in [6.07, 6.45) is 6.37. The number of dihydropyridines is 1. The molecule has 3 aliphatic heterocycles. The molecule has 192 valence electrons. The summed E-state index contributed by atoms with van der Waals surface area (Å²) >= 11 is 0. The highest BCUT2D eigenvalue weighted by Gasteiger charge is 2.27. The quantitative estimate of drug-likeness (QED) is 0.235. The summed E-state index contributed by atoms with van der Waals surface area (Å²) in [7, 11) is 0. The molecular weight excluding hydrogens is 474 g/mol. The number of aromatic nitrogens is 1. The number of nitrogens with one attached hydrogen (secondary N) is 1. The molecule has 1 N–H and O–H groups in total. The lowest BCUT2D eigenvalue weighted by atomic mass is 9.81. The number of rotatable bonds is 0. The Morgan fingerprint density at radius 2 is 1.33 bits per heavy atom. The van der Waals surface area contributed by atoms with E-state index in [1.54, 1.807) is 0 Å². The molecule has 4 aromatic rings. The lowest BCUT2D eigenvalue weighted by Crippen LogP contribution is -2.34. The monoisotopic (exact) mass is 507 g/mol. The van der Waals surface area contributed by atoms with E-state index in [-0.39, 0.29) is 10.8 Å². The second-order valence-corrected chi connectivity index (χ2v) is 12.9. The van der Waals surface area contributed by atoms with E-state index in [2.05, 4.69) is 132 Å². The first-order valence-corrected chi connectivity index (χ1v) is 13.8. The van der Waals surface area contributed by atoms with Crippen LogP contribution in [0.15, 0.2) is 90.0 Å². The first-order chi connectivity index (χ1) is 18.6. The van der Waals surface area contributed by atoms with Gasteiger partial charge < -0.3 is 5.32 Å². The first-order valence-electron chi connectivity index (χ1n) is 13.8. The number of allylic oxidation sites excluding steroid dienone is 2. The summed E-state index contributed by atoms with van der Waals surface area (Å²) in [5.41, 5.74) is 13.4. The van der Waals surface area contributed by atoms with Crippen molar-refractivity contribution in [2.75, 3.05) is 0 Å². The topological polar surface area (TPSA) is 37.3 Å². The molecular formula is C36H33N3. The first kappa shape index (κ1) is 23.8. The number of hydrogen-bond donors (Lipinski definition) is 1. The van der Waals surface area contributed by atoms with Crippen molar-refractivity contribution >= 4 is 17.1 Å². The summed E-state index contributed by atoms with van der Waals surface area (Å²) in [5, 5.41) is 5.88. The molecule has 0 spiro atoms. The zero-order valence-electron chi connectivity index (χ0n) is 23.5. The molecule has 3 aromatic carbocycles. The molecule has 0 unspecified atom stereocenters. The van der Waals surface area contributed by atoms with Gasteiger partial charge in [0.05, 0.1) is 28.1 Å². The van der Waals surface area contributed by atoms with Crippen molar-refractivity contribution in [3.63, 3.8) is 0 Å². The number of benzene rings is 3. The molecule has 0 atom stereocenters. The van der Waals surface area contributed by atoms with Crippen molar-refractivity contribution in [3.05, 3.63) is 112 Å². The van der Waals surface area contributed by atoms with Crippen molar-refractivity contribution in [3.8, 4) is 33.5 Å². The van der Waals surface area contributed by atoms with Crippen LogP contribution in [-0.2, 0) is 10.8 Å². The second-order valence-electron chi connectivity index (χ2n) is 12.9. The Bertz CT molecular complexity index is 1890. The summed E-state index contributed by atoms with van der Waals surface area (Å²) in [6.45, 7) is 13.7. The van der Waals surface area contributed by atoms with E-state index in [0.29, 0.717) is 0 Å². The predicted octanol–water partition coefficient (Wildman–Crippen LogP) is 7.56. The van der Waals surface area contributed by atoms with E-state index in [1.807, 2.05) is 0 Å². The standard InChI is InChI=1S/C36H33N3/c1-35(2,3)23-17-25-21-10-7-11-22(16-21)29-12-8-14-31(37-29)32-15-9-13-30(38-32)28-20-24(36(4,5)6)19-27-26(18-23)33(25)39-34(27)28/h7-20,38H,1-6H3. The van der Waals surface area contributed by atoms with Gasteiger partial charge in [0.1, 0.15) is 0 Å². The number of nitrogens with zero attached hydrogens (tertiary/aromatic N) is 2. The fourth-order valence-electron chi connectivity index (χ4n) is 5.69. The van der Waals surface area contributed by atoms with Crippen LogP contribution >= 0.6 is 0 Å². The maximum absolute atomic E-state index is 5.41. The summed E-state index contributed by atoms with van der Waals surface area (Å²) in [4.78, 5) is 10.5. The molecule has 0 amide bonds. The van der Waals surface area contributed by atoms with Gasteiger partial charge in [-0.3, -0.25) is 0 Å². The molecule has 1 aromatic heterocycles. The van der Waals surface area contributed by atoms with Crippen molar-refractivity contribution < 1.29 is 0 Å². The van der Waals surface area contributed by atoms with Crippen LogP contribution in [0.3, 0.4) is 0 Å². The van der Waals surface area contributed by atoms with Crippen LogP contribution in [0.2, 0.25) is 0 Å². The fraction of sp³-hybridized carbons (Fsp3) is 0.222. The minimum Gasteiger partial charge on any atom is -0.353 e. The van der Waals surface area contributed by atoms with Crippen molar-refractivity contribution in [1.29, 1.82) is 0 Å². The van der Waals surface area contributed by atoms with Gasteiger partial charge in [-0.15, -0.1) is 0 Å². The van der Waals surface area contributed by atoms with Crippen LogP contribution < -0.4 is 15.9 Å². The SMILES string of the molecule is CC(C)(C)c1cc2c3c(c1)-c1cc(C(C)(C)C)cc(c1=N3)=C1C=CC=C(N1)c1cccc(n1)-c1cccc-2c1. The third-order valence-corrected chi connectivity index (χ3v) is 8.05. The van der Waals surface area contributed by atoms with Crippen LogP contribution in [0.4, 0.5) is 5.69 Å². The van der Waals surface area contributed by atoms with E-state index in [9.17, 15) is 0 Å². The fourth-order valence-corrected chi connectivity index (χ4v) is 5.69. The molecule has 0 aliphatic carbocycles. The molecule has 8 bridgehead atoms. The third kappa shape index (κ3) is 3.87. The van der Waals surface area contributed by atoms with Gasteiger partial charge in [-0.2, -0.15) is 0 Å². The van der Waals surface area contributed by atoms with Gasteiger partial charge in [-0.25, -0.2) is 9.98 Å². The molecule has 0 radical (unpaired) electrons. The molecule has 3 heteroatoms. The normalized spacial score (nSPS) is 14.8. The highest BCUT2D eigenvalue weighted by molar-refractivity contribution is 5.93. The van der Waals surface area contributed by atoms with Gasteiger partial charge in [-0.05, 0) is 82.1 Å². The molecule has 4 heterocycles. The predicted molar refractivity (Wildman–Crippen MR) is 162 cm³/mol. The van der Waals surface area contributed by atoms with Gasteiger partial charge in [0.15, 0.2) is 0 Å². The van der Waals surface area contributed by atoms with Gasteiger partial charge in [-0.1, -0.05) is 71.9 Å². The molecule has 3 nitrogen and oxygen atoms in total. The molecule has 0 fully saturated rings. The third-order valence-electron chi connectivity index (χ3n) is 8.05. The van der Waals surface area contributed by atoms with Crippen LogP contribution in [0.25, 0.3) is 44.9 Å².